The Labute approximate surface area is 124 Å². The summed E-state index contributed by atoms with van der Waals surface area (Å²) in [5.74, 6) is 5.78. The van der Waals surface area contributed by atoms with Gasteiger partial charge in [-0.25, -0.2) is 5.43 Å². The third kappa shape index (κ3) is 2.85. The summed E-state index contributed by atoms with van der Waals surface area (Å²) < 4.78 is 1.91. The normalized spacial score (nSPS) is 12.6. The molecule has 108 valence electrons. The van der Waals surface area contributed by atoms with Crippen molar-refractivity contribution < 1.29 is 0 Å². The molecule has 0 aliphatic heterocycles. The topological polar surface area (TPSA) is 68.8 Å². The second-order valence-corrected chi connectivity index (χ2v) is 5.04. The summed E-state index contributed by atoms with van der Waals surface area (Å²) in [5.41, 5.74) is 6.00. The van der Waals surface area contributed by atoms with Gasteiger partial charge in [-0.3, -0.25) is 15.5 Å². The van der Waals surface area contributed by atoms with E-state index in [-0.39, 0.29) is 6.04 Å². The second-order valence-electron chi connectivity index (χ2n) is 4.63. The first-order valence-electron chi connectivity index (χ1n) is 6.83. The molecule has 0 radical (unpaired) electrons. The Morgan fingerprint density at radius 2 is 2.20 bits per heavy atom. The predicted octanol–water partition coefficient (Wildman–Crippen LogP) is 2.46. The van der Waals surface area contributed by atoms with Crippen LogP contribution in [-0.2, 0) is 13.0 Å². The second kappa shape index (κ2) is 6.83. The molecule has 6 heteroatoms. The molecule has 0 saturated carbocycles. The molecule has 2 aromatic heterocycles. The van der Waals surface area contributed by atoms with E-state index >= 15 is 0 Å². The summed E-state index contributed by atoms with van der Waals surface area (Å²) in [6.07, 6.45) is 7.19. The summed E-state index contributed by atoms with van der Waals surface area (Å²) >= 11 is 6.31. The zero-order valence-electron chi connectivity index (χ0n) is 11.8. The minimum atomic E-state index is -0.186. The Bertz CT molecular complexity index is 566. The van der Waals surface area contributed by atoms with E-state index in [1.165, 1.54) is 0 Å². The average Bonchev–Trinajstić information content (AvgIpc) is 2.83. The minimum Gasteiger partial charge on any atom is -0.271 e. The van der Waals surface area contributed by atoms with Gasteiger partial charge in [0.1, 0.15) is 0 Å². The van der Waals surface area contributed by atoms with Crippen molar-refractivity contribution in [2.45, 2.75) is 39.3 Å². The molecule has 2 rings (SSSR count). The molecule has 0 saturated heterocycles. The van der Waals surface area contributed by atoms with Gasteiger partial charge in [0.15, 0.2) is 0 Å². The van der Waals surface area contributed by atoms with Crippen molar-refractivity contribution in [3.63, 3.8) is 0 Å². The van der Waals surface area contributed by atoms with E-state index < -0.39 is 0 Å². The Morgan fingerprint density at radius 3 is 2.85 bits per heavy atom. The maximum Gasteiger partial charge on any atom is 0.0897 e. The molecule has 0 bridgehead atoms. The highest BCUT2D eigenvalue weighted by Gasteiger charge is 2.22. The zero-order chi connectivity index (χ0) is 14.5. The van der Waals surface area contributed by atoms with Crippen LogP contribution in [0.3, 0.4) is 0 Å². The lowest BCUT2D eigenvalue weighted by Gasteiger charge is -2.21. The number of hydrogen-bond acceptors (Lipinski definition) is 4. The minimum absolute atomic E-state index is 0.186. The highest BCUT2D eigenvalue weighted by Crippen LogP contribution is 2.29. The van der Waals surface area contributed by atoms with Gasteiger partial charge in [-0.15, -0.1) is 0 Å². The molecule has 3 N–H and O–H groups in total. The summed E-state index contributed by atoms with van der Waals surface area (Å²) in [5, 5.41) is 4.95. The lowest BCUT2D eigenvalue weighted by Crippen LogP contribution is -2.31. The van der Waals surface area contributed by atoms with Gasteiger partial charge < -0.3 is 0 Å². The van der Waals surface area contributed by atoms with E-state index in [9.17, 15) is 0 Å². The molecule has 0 aliphatic rings. The van der Waals surface area contributed by atoms with Gasteiger partial charge in [-0.2, -0.15) is 5.10 Å². The number of pyridine rings is 1. The third-order valence-electron chi connectivity index (χ3n) is 3.34. The molecule has 2 aromatic rings. The van der Waals surface area contributed by atoms with Gasteiger partial charge in [0.25, 0.3) is 0 Å². The fraction of sp³-hybridized carbons (Fsp3) is 0.429. The van der Waals surface area contributed by atoms with Crippen molar-refractivity contribution in [2.75, 3.05) is 0 Å². The molecular weight excluding hydrogens is 274 g/mol. The Morgan fingerprint density at radius 1 is 1.40 bits per heavy atom. The fourth-order valence-corrected chi connectivity index (χ4v) is 2.63. The summed E-state index contributed by atoms with van der Waals surface area (Å²) in [7, 11) is 0. The van der Waals surface area contributed by atoms with Crippen LogP contribution in [0.2, 0.25) is 5.02 Å². The van der Waals surface area contributed by atoms with Crippen molar-refractivity contribution in [3.05, 3.63) is 46.5 Å². The predicted molar refractivity (Wildman–Crippen MR) is 80.3 cm³/mol. The third-order valence-corrected chi connectivity index (χ3v) is 3.63. The van der Waals surface area contributed by atoms with Crippen molar-refractivity contribution in [3.8, 4) is 0 Å². The summed E-state index contributed by atoms with van der Waals surface area (Å²) in [6, 6.07) is 1.79. The zero-order valence-corrected chi connectivity index (χ0v) is 12.6. The maximum atomic E-state index is 6.31. The first kappa shape index (κ1) is 15.0. The molecule has 0 aliphatic carbocycles. The molecule has 0 fully saturated rings. The Kier molecular flexibility index (Phi) is 5.11. The number of rotatable bonds is 6. The SMILES string of the molecule is CCCn1ncc(Cl)c1C(NN)c1ccncc1CC. The molecule has 20 heavy (non-hydrogen) atoms. The number of nitrogens with one attached hydrogen (secondary N) is 1. The molecule has 1 atom stereocenters. The molecule has 1 unspecified atom stereocenters. The number of nitrogens with zero attached hydrogens (tertiary/aromatic N) is 3. The number of hydrazine groups is 1. The van der Waals surface area contributed by atoms with Crippen molar-refractivity contribution >= 4 is 11.6 Å². The van der Waals surface area contributed by atoms with Gasteiger partial charge >= 0.3 is 0 Å². The van der Waals surface area contributed by atoms with Crippen LogP contribution in [0.1, 0.15) is 43.1 Å². The number of nitrogens with two attached hydrogens (primary N) is 1. The van der Waals surface area contributed by atoms with E-state index in [0.29, 0.717) is 5.02 Å². The quantitative estimate of drug-likeness (QED) is 0.634. The summed E-state index contributed by atoms with van der Waals surface area (Å²) in [4.78, 5) is 4.17. The Balaban J connectivity index is 2.49. The summed E-state index contributed by atoms with van der Waals surface area (Å²) in [6.45, 7) is 5.01. The first-order chi connectivity index (χ1) is 9.72. The van der Waals surface area contributed by atoms with Crippen LogP contribution in [0, 0.1) is 0 Å². The van der Waals surface area contributed by atoms with Crippen LogP contribution in [-0.4, -0.2) is 14.8 Å². The molecular formula is C14H20ClN5. The van der Waals surface area contributed by atoms with Gasteiger partial charge in [0, 0.05) is 18.9 Å². The number of aryl methyl sites for hydroxylation is 2. The molecule has 0 amide bonds. The molecule has 2 heterocycles. The number of hydrogen-bond donors (Lipinski definition) is 2. The largest absolute Gasteiger partial charge is 0.271 e. The van der Waals surface area contributed by atoms with E-state index in [1.54, 1.807) is 12.4 Å². The van der Waals surface area contributed by atoms with Gasteiger partial charge in [0.2, 0.25) is 0 Å². The van der Waals surface area contributed by atoms with E-state index in [0.717, 1.165) is 36.2 Å². The molecule has 5 nitrogen and oxygen atoms in total. The standard InChI is InChI=1S/C14H20ClN5/c1-3-7-20-14(12(15)9-18-20)13(19-16)11-5-6-17-8-10(11)4-2/h5-6,8-9,13,19H,3-4,7,16H2,1-2H3. The van der Waals surface area contributed by atoms with E-state index in [1.807, 2.05) is 16.9 Å². The van der Waals surface area contributed by atoms with Crippen LogP contribution in [0.25, 0.3) is 0 Å². The average molecular weight is 294 g/mol. The lowest BCUT2D eigenvalue weighted by atomic mass is 9.99. The number of halogens is 1. The van der Waals surface area contributed by atoms with E-state index in [2.05, 4.69) is 29.4 Å². The van der Waals surface area contributed by atoms with Crippen LogP contribution in [0.4, 0.5) is 0 Å². The smallest absolute Gasteiger partial charge is 0.0897 e. The highest BCUT2D eigenvalue weighted by molar-refractivity contribution is 6.31. The van der Waals surface area contributed by atoms with Crippen molar-refractivity contribution in [1.82, 2.24) is 20.2 Å². The molecule has 0 aromatic carbocycles. The van der Waals surface area contributed by atoms with Crippen LogP contribution in [0.5, 0.6) is 0 Å². The first-order valence-corrected chi connectivity index (χ1v) is 7.20. The van der Waals surface area contributed by atoms with Crippen LogP contribution < -0.4 is 11.3 Å². The van der Waals surface area contributed by atoms with Gasteiger partial charge in [0.05, 0.1) is 23.0 Å². The fourth-order valence-electron chi connectivity index (χ4n) is 2.38. The van der Waals surface area contributed by atoms with Crippen LogP contribution in [0.15, 0.2) is 24.7 Å². The van der Waals surface area contributed by atoms with Gasteiger partial charge in [-0.05, 0) is 30.0 Å². The number of aromatic nitrogens is 3. The van der Waals surface area contributed by atoms with E-state index in [4.69, 9.17) is 17.4 Å². The van der Waals surface area contributed by atoms with Crippen molar-refractivity contribution in [1.29, 1.82) is 0 Å². The highest BCUT2D eigenvalue weighted by atomic mass is 35.5. The van der Waals surface area contributed by atoms with Gasteiger partial charge in [-0.1, -0.05) is 25.4 Å². The van der Waals surface area contributed by atoms with Crippen molar-refractivity contribution in [2.24, 2.45) is 5.84 Å². The van der Waals surface area contributed by atoms with Crippen LogP contribution >= 0.6 is 11.6 Å². The lowest BCUT2D eigenvalue weighted by molar-refractivity contribution is 0.519. The Hall–Kier alpha value is -1.43. The maximum absolute atomic E-state index is 6.31. The molecule has 0 spiro atoms. The monoisotopic (exact) mass is 293 g/mol.